The van der Waals surface area contributed by atoms with Crippen LogP contribution in [0, 0.1) is 0 Å². The van der Waals surface area contributed by atoms with Crippen molar-refractivity contribution in [3.05, 3.63) is 0 Å². The van der Waals surface area contributed by atoms with Gasteiger partial charge in [-0.3, -0.25) is 0 Å². The largest absolute Gasteiger partial charge is 0.330 e. The standard InChI is InChI=1S/C8H19N3O/c9-3-1-4-10-5-2-6-11-7-8-12/h8,10-11H,1-7,9H2. The highest BCUT2D eigenvalue weighted by molar-refractivity contribution is 5.51. The molecule has 0 aromatic heterocycles. The Morgan fingerprint density at radius 2 is 1.75 bits per heavy atom. The molecule has 0 saturated heterocycles. The van der Waals surface area contributed by atoms with E-state index in [1.165, 1.54) is 0 Å². The first-order chi connectivity index (χ1) is 5.91. The van der Waals surface area contributed by atoms with Crippen LogP contribution in [0.15, 0.2) is 0 Å². The first-order valence-corrected chi connectivity index (χ1v) is 4.47. The second-order valence-electron chi connectivity index (χ2n) is 2.62. The van der Waals surface area contributed by atoms with E-state index in [1.54, 1.807) is 0 Å². The van der Waals surface area contributed by atoms with Crippen molar-refractivity contribution in [3.63, 3.8) is 0 Å². The van der Waals surface area contributed by atoms with Crippen LogP contribution in [0.5, 0.6) is 0 Å². The molecule has 4 N–H and O–H groups in total. The molecule has 72 valence electrons. The summed E-state index contributed by atoms with van der Waals surface area (Å²) in [4.78, 5) is 9.89. The van der Waals surface area contributed by atoms with Gasteiger partial charge in [0.1, 0.15) is 6.29 Å². The molecule has 0 spiro atoms. The maximum absolute atomic E-state index is 9.89. The maximum atomic E-state index is 9.89. The summed E-state index contributed by atoms with van der Waals surface area (Å²) in [6.45, 7) is 4.09. The summed E-state index contributed by atoms with van der Waals surface area (Å²) in [5, 5.41) is 6.25. The summed E-state index contributed by atoms with van der Waals surface area (Å²) in [5.74, 6) is 0. The van der Waals surface area contributed by atoms with Gasteiger partial charge in [-0.25, -0.2) is 0 Å². The van der Waals surface area contributed by atoms with E-state index in [1.807, 2.05) is 0 Å². The Balaban J connectivity index is 2.77. The highest BCUT2D eigenvalue weighted by atomic mass is 16.1. The Hall–Kier alpha value is -0.450. The monoisotopic (exact) mass is 173 g/mol. The fraction of sp³-hybridized carbons (Fsp3) is 0.875. The van der Waals surface area contributed by atoms with Crippen molar-refractivity contribution < 1.29 is 4.79 Å². The Morgan fingerprint density at radius 3 is 2.42 bits per heavy atom. The number of nitrogens with two attached hydrogens (primary N) is 1. The molecule has 12 heavy (non-hydrogen) atoms. The van der Waals surface area contributed by atoms with Crippen LogP contribution in [0.3, 0.4) is 0 Å². The van der Waals surface area contributed by atoms with E-state index in [2.05, 4.69) is 10.6 Å². The second-order valence-corrected chi connectivity index (χ2v) is 2.62. The number of hydrogen-bond donors (Lipinski definition) is 3. The average molecular weight is 173 g/mol. The van der Waals surface area contributed by atoms with Gasteiger partial charge in [-0.1, -0.05) is 0 Å². The van der Waals surface area contributed by atoms with Gasteiger partial charge in [-0.15, -0.1) is 0 Å². The average Bonchev–Trinajstić information content (AvgIpc) is 2.10. The molecule has 4 heteroatoms. The lowest BCUT2D eigenvalue weighted by Crippen LogP contribution is -2.24. The minimum Gasteiger partial charge on any atom is -0.330 e. The number of carbonyl (C=O) groups is 1. The van der Waals surface area contributed by atoms with Gasteiger partial charge in [0, 0.05) is 0 Å². The Labute approximate surface area is 73.9 Å². The molecule has 4 nitrogen and oxygen atoms in total. The first-order valence-electron chi connectivity index (χ1n) is 4.47. The summed E-state index contributed by atoms with van der Waals surface area (Å²) in [6.07, 6.45) is 2.96. The first kappa shape index (κ1) is 11.6. The number of carbonyl (C=O) groups excluding carboxylic acids is 1. The quantitative estimate of drug-likeness (QED) is 0.312. The molecule has 0 aromatic carbocycles. The van der Waals surface area contributed by atoms with Crippen LogP contribution >= 0.6 is 0 Å². The normalized spacial score (nSPS) is 10.1. The van der Waals surface area contributed by atoms with E-state index in [9.17, 15) is 4.79 Å². The molecule has 0 aliphatic rings. The Morgan fingerprint density at radius 1 is 1.08 bits per heavy atom. The zero-order valence-corrected chi connectivity index (χ0v) is 7.51. The lowest BCUT2D eigenvalue weighted by molar-refractivity contribution is -0.107. The minimum atomic E-state index is 0.461. The van der Waals surface area contributed by atoms with Crippen molar-refractivity contribution in [1.29, 1.82) is 0 Å². The third kappa shape index (κ3) is 9.55. The van der Waals surface area contributed by atoms with Crippen LogP contribution in [-0.2, 0) is 4.79 Å². The molecule has 0 rings (SSSR count). The van der Waals surface area contributed by atoms with Crippen LogP contribution in [0.1, 0.15) is 12.8 Å². The Kier molecular flexibility index (Phi) is 10.2. The van der Waals surface area contributed by atoms with Gasteiger partial charge in [0.25, 0.3) is 0 Å². The minimum absolute atomic E-state index is 0.461. The molecule has 0 amide bonds. The number of hydrogen-bond acceptors (Lipinski definition) is 4. The number of aldehydes is 1. The van der Waals surface area contributed by atoms with E-state index in [-0.39, 0.29) is 0 Å². The third-order valence-corrected chi connectivity index (χ3v) is 1.49. The van der Waals surface area contributed by atoms with Crippen LogP contribution < -0.4 is 16.4 Å². The zero-order valence-electron chi connectivity index (χ0n) is 7.51. The molecule has 0 unspecified atom stereocenters. The molecule has 0 aliphatic carbocycles. The summed E-state index contributed by atoms with van der Waals surface area (Å²) in [7, 11) is 0. The molecule has 0 atom stereocenters. The van der Waals surface area contributed by atoms with Gasteiger partial charge in [0.15, 0.2) is 0 Å². The van der Waals surface area contributed by atoms with Gasteiger partial charge in [0.2, 0.25) is 0 Å². The predicted octanol–water partition coefficient (Wildman–Crippen LogP) is -0.897. The molecule has 0 bridgehead atoms. The summed E-state index contributed by atoms with van der Waals surface area (Å²) >= 11 is 0. The smallest absolute Gasteiger partial charge is 0.133 e. The van der Waals surface area contributed by atoms with Gasteiger partial charge < -0.3 is 21.2 Å². The van der Waals surface area contributed by atoms with Crippen molar-refractivity contribution in [2.24, 2.45) is 5.73 Å². The molecule has 0 aromatic rings. The molecular weight excluding hydrogens is 154 g/mol. The topological polar surface area (TPSA) is 67.2 Å². The van der Waals surface area contributed by atoms with Gasteiger partial charge in [-0.05, 0) is 39.0 Å². The highest BCUT2D eigenvalue weighted by Crippen LogP contribution is 1.74. The van der Waals surface area contributed by atoms with E-state index >= 15 is 0 Å². The third-order valence-electron chi connectivity index (χ3n) is 1.49. The molecule has 0 saturated carbocycles. The lowest BCUT2D eigenvalue weighted by atomic mass is 10.4. The number of nitrogens with one attached hydrogen (secondary N) is 2. The van der Waals surface area contributed by atoms with Crippen molar-refractivity contribution in [3.8, 4) is 0 Å². The summed E-state index contributed by atoms with van der Waals surface area (Å²) in [6, 6.07) is 0. The molecular formula is C8H19N3O. The molecule has 0 radical (unpaired) electrons. The van der Waals surface area contributed by atoms with Crippen molar-refractivity contribution in [1.82, 2.24) is 10.6 Å². The fourth-order valence-electron chi connectivity index (χ4n) is 0.851. The molecule has 0 aliphatic heterocycles. The van der Waals surface area contributed by atoms with Crippen LogP contribution in [-0.4, -0.2) is 39.0 Å². The maximum Gasteiger partial charge on any atom is 0.133 e. The zero-order chi connectivity index (χ0) is 9.07. The van der Waals surface area contributed by atoms with Crippen LogP contribution in [0.25, 0.3) is 0 Å². The van der Waals surface area contributed by atoms with E-state index in [0.29, 0.717) is 6.54 Å². The van der Waals surface area contributed by atoms with Gasteiger partial charge in [0.05, 0.1) is 6.54 Å². The number of rotatable bonds is 9. The van der Waals surface area contributed by atoms with Crippen molar-refractivity contribution in [2.45, 2.75) is 12.8 Å². The highest BCUT2D eigenvalue weighted by Gasteiger charge is 1.87. The Bertz CT molecular complexity index is 98.3. The second kappa shape index (κ2) is 10.6. The van der Waals surface area contributed by atoms with E-state index in [4.69, 9.17) is 5.73 Å². The van der Waals surface area contributed by atoms with E-state index < -0.39 is 0 Å². The van der Waals surface area contributed by atoms with Gasteiger partial charge in [-0.2, -0.15) is 0 Å². The fourth-order valence-corrected chi connectivity index (χ4v) is 0.851. The van der Waals surface area contributed by atoms with E-state index in [0.717, 1.165) is 45.3 Å². The molecule has 0 fully saturated rings. The van der Waals surface area contributed by atoms with Gasteiger partial charge >= 0.3 is 0 Å². The van der Waals surface area contributed by atoms with Crippen molar-refractivity contribution in [2.75, 3.05) is 32.7 Å². The summed E-state index contributed by atoms with van der Waals surface area (Å²) in [5.41, 5.74) is 5.32. The predicted molar refractivity (Wildman–Crippen MR) is 50.1 cm³/mol. The van der Waals surface area contributed by atoms with Crippen LogP contribution in [0.2, 0.25) is 0 Å². The summed E-state index contributed by atoms with van der Waals surface area (Å²) < 4.78 is 0. The lowest BCUT2D eigenvalue weighted by Gasteiger charge is -2.03. The van der Waals surface area contributed by atoms with Crippen molar-refractivity contribution >= 4 is 6.29 Å². The molecule has 0 heterocycles. The van der Waals surface area contributed by atoms with Crippen LogP contribution in [0.4, 0.5) is 0 Å². The SMILES string of the molecule is NCCCNCCCNCC=O.